The molecular formula is C16H21ClO2. The van der Waals surface area contributed by atoms with Crippen LogP contribution in [0.1, 0.15) is 48.9 Å². The van der Waals surface area contributed by atoms with E-state index in [1.54, 1.807) is 24.3 Å². The lowest BCUT2D eigenvalue weighted by Gasteiger charge is -2.13. The first-order chi connectivity index (χ1) is 9.25. The van der Waals surface area contributed by atoms with E-state index >= 15 is 0 Å². The first-order valence-corrected chi connectivity index (χ1v) is 7.50. The molecule has 19 heavy (non-hydrogen) atoms. The molecule has 1 saturated carbocycles. The average Bonchev–Trinajstić information content (AvgIpc) is 2.68. The lowest BCUT2D eigenvalue weighted by atomic mass is 10.0. The van der Waals surface area contributed by atoms with Crippen molar-refractivity contribution < 1.29 is 9.53 Å². The van der Waals surface area contributed by atoms with Crippen molar-refractivity contribution in [3.63, 3.8) is 0 Å². The minimum atomic E-state index is 0.0327. The van der Waals surface area contributed by atoms with Gasteiger partial charge in [-0.2, -0.15) is 0 Å². The third kappa shape index (κ3) is 4.96. The van der Waals surface area contributed by atoms with Gasteiger partial charge in [-0.05, 0) is 43.0 Å². The number of hydrogen-bond donors (Lipinski definition) is 0. The van der Waals surface area contributed by atoms with E-state index in [2.05, 4.69) is 0 Å². The van der Waals surface area contributed by atoms with Crippen LogP contribution in [0.3, 0.4) is 0 Å². The molecule has 0 atom stereocenters. The third-order valence-electron chi connectivity index (χ3n) is 3.73. The zero-order chi connectivity index (χ0) is 13.5. The zero-order valence-electron chi connectivity index (χ0n) is 11.2. The second-order valence-corrected chi connectivity index (χ2v) is 5.74. The monoisotopic (exact) mass is 280 g/mol. The lowest BCUT2D eigenvalue weighted by molar-refractivity contribution is 0.0658. The number of ketones is 1. The normalized spacial score (nSPS) is 17.1. The van der Waals surface area contributed by atoms with E-state index in [1.165, 1.54) is 38.5 Å². The summed E-state index contributed by atoms with van der Waals surface area (Å²) in [6.45, 7) is 0.900. The van der Waals surface area contributed by atoms with Crippen molar-refractivity contribution in [2.45, 2.75) is 38.5 Å². The first-order valence-electron chi connectivity index (χ1n) is 7.12. The largest absolute Gasteiger partial charge is 0.373 e. The smallest absolute Gasteiger partial charge is 0.188 e. The number of hydrogen-bond acceptors (Lipinski definition) is 2. The van der Waals surface area contributed by atoms with E-state index in [9.17, 15) is 4.79 Å². The SMILES string of the molecule is O=C(COCC1CCCCCC1)c1ccc(Cl)cc1. The molecule has 0 bridgehead atoms. The van der Waals surface area contributed by atoms with Gasteiger partial charge in [0.05, 0.1) is 6.61 Å². The molecule has 0 heterocycles. The van der Waals surface area contributed by atoms with Crippen molar-refractivity contribution in [2.24, 2.45) is 5.92 Å². The van der Waals surface area contributed by atoms with Gasteiger partial charge in [-0.15, -0.1) is 0 Å². The molecule has 0 aromatic heterocycles. The summed E-state index contributed by atoms with van der Waals surface area (Å²) in [6, 6.07) is 6.97. The van der Waals surface area contributed by atoms with E-state index in [1.807, 2.05) is 0 Å². The maximum Gasteiger partial charge on any atom is 0.188 e. The summed E-state index contributed by atoms with van der Waals surface area (Å²) >= 11 is 5.80. The third-order valence-corrected chi connectivity index (χ3v) is 3.98. The van der Waals surface area contributed by atoms with Crippen LogP contribution in [-0.4, -0.2) is 19.0 Å². The minimum Gasteiger partial charge on any atom is -0.373 e. The predicted octanol–water partition coefficient (Wildman–Crippen LogP) is 4.51. The fraction of sp³-hybridized carbons (Fsp3) is 0.562. The molecule has 0 unspecified atom stereocenters. The summed E-state index contributed by atoms with van der Waals surface area (Å²) < 4.78 is 5.59. The Labute approximate surface area is 120 Å². The summed E-state index contributed by atoms with van der Waals surface area (Å²) in [5, 5.41) is 0.649. The fourth-order valence-electron chi connectivity index (χ4n) is 2.57. The van der Waals surface area contributed by atoms with Gasteiger partial charge in [-0.25, -0.2) is 0 Å². The second-order valence-electron chi connectivity index (χ2n) is 5.30. The molecule has 1 aliphatic carbocycles. The molecule has 0 N–H and O–H groups in total. The van der Waals surface area contributed by atoms with Crippen LogP contribution in [0.4, 0.5) is 0 Å². The van der Waals surface area contributed by atoms with E-state index in [4.69, 9.17) is 16.3 Å². The highest BCUT2D eigenvalue weighted by Crippen LogP contribution is 2.23. The summed E-state index contributed by atoms with van der Waals surface area (Å²) in [7, 11) is 0. The molecule has 0 amide bonds. The first kappa shape index (κ1) is 14.5. The van der Waals surface area contributed by atoms with Crippen LogP contribution in [0, 0.1) is 5.92 Å². The van der Waals surface area contributed by atoms with Gasteiger partial charge in [0.2, 0.25) is 0 Å². The molecule has 1 aliphatic rings. The van der Waals surface area contributed by atoms with Crippen LogP contribution in [0.25, 0.3) is 0 Å². The number of rotatable bonds is 5. The van der Waals surface area contributed by atoms with Gasteiger partial charge in [0, 0.05) is 10.6 Å². The minimum absolute atomic E-state index is 0.0327. The number of Topliss-reactive ketones (excluding diaryl/α,β-unsaturated/α-hetero) is 1. The van der Waals surface area contributed by atoms with Gasteiger partial charge in [0.25, 0.3) is 0 Å². The molecular weight excluding hydrogens is 260 g/mol. The van der Waals surface area contributed by atoms with Gasteiger partial charge in [0.1, 0.15) is 6.61 Å². The van der Waals surface area contributed by atoms with Crippen molar-refractivity contribution in [2.75, 3.05) is 13.2 Å². The van der Waals surface area contributed by atoms with Crippen molar-refractivity contribution >= 4 is 17.4 Å². The number of carbonyl (C=O) groups is 1. The van der Waals surface area contributed by atoms with Crippen molar-refractivity contribution in [3.05, 3.63) is 34.9 Å². The summed E-state index contributed by atoms with van der Waals surface area (Å²) in [5.41, 5.74) is 0.672. The van der Waals surface area contributed by atoms with E-state index in [0.29, 0.717) is 16.5 Å². The second kappa shape index (κ2) is 7.66. The number of ether oxygens (including phenoxy) is 1. The Bertz CT molecular complexity index is 392. The number of halogens is 1. The van der Waals surface area contributed by atoms with Crippen LogP contribution in [-0.2, 0) is 4.74 Å². The summed E-state index contributed by atoms with van der Waals surface area (Å²) in [5.74, 6) is 0.672. The van der Waals surface area contributed by atoms with Gasteiger partial charge < -0.3 is 4.74 Å². The Morgan fingerprint density at radius 3 is 2.37 bits per heavy atom. The maximum atomic E-state index is 11.9. The Hall–Kier alpha value is -0.860. The maximum absolute atomic E-state index is 11.9. The van der Waals surface area contributed by atoms with Gasteiger partial charge in [-0.3, -0.25) is 4.79 Å². The highest BCUT2D eigenvalue weighted by Gasteiger charge is 2.13. The van der Waals surface area contributed by atoms with Gasteiger partial charge >= 0.3 is 0 Å². The van der Waals surface area contributed by atoms with Crippen LogP contribution in [0.5, 0.6) is 0 Å². The lowest BCUT2D eigenvalue weighted by Crippen LogP contribution is -2.15. The molecule has 1 aromatic carbocycles. The molecule has 0 aliphatic heterocycles. The van der Waals surface area contributed by atoms with Crippen molar-refractivity contribution in [3.8, 4) is 0 Å². The molecule has 2 rings (SSSR count). The average molecular weight is 281 g/mol. The molecule has 2 nitrogen and oxygen atoms in total. The highest BCUT2D eigenvalue weighted by atomic mass is 35.5. The molecule has 1 fully saturated rings. The number of carbonyl (C=O) groups excluding carboxylic acids is 1. The molecule has 1 aromatic rings. The highest BCUT2D eigenvalue weighted by molar-refractivity contribution is 6.30. The Kier molecular flexibility index (Phi) is 5.87. The Balaban J connectivity index is 1.72. The van der Waals surface area contributed by atoms with E-state index < -0.39 is 0 Å². The Morgan fingerprint density at radius 2 is 1.74 bits per heavy atom. The van der Waals surface area contributed by atoms with Crippen molar-refractivity contribution in [1.82, 2.24) is 0 Å². The van der Waals surface area contributed by atoms with Crippen LogP contribution >= 0.6 is 11.6 Å². The fourth-order valence-corrected chi connectivity index (χ4v) is 2.69. The topological polar surface area (TPSA) is 26.3 Å². The van der Waals surface area contributed by atoms with Gasteiger partial charge in [-0.1, -0.05) is 37.3 Å². The molecule has 0 radical (unpaired) electrons. The molecule has 0 saturated heterocycles. The van der Waals surface area contributed by atoms with E-state index in [-0.39, 0.29) is 12.4 Å². The molecule has 104 valence electrons. The van der Waals surface area contributed by atoms with Gasteiger partial charge in [0.15, 0.2) is 5.78 Å². The Morgan fingerprint density at radius 1 is 1.11 bits per heavy atom. The van der Waals surface area contributed by atoms with Crippen molar-refractivity contribution in [1.29, 1.82) is 0 Å². The van der Waals surface area contributed by atoms with Crippen LogP contribution in [0.2, 0.25) is 5.02 Å². The standard InChI is InChI=1S/C16H21ClO2/c17-15-9-7-14(8-10-15)16(18)12-19-11-13-5-3-1-2-4-6-13/h7-10,13H,1-6,11-12H2. The summed E-state index contributed by atoms with van der Waals surface area (Å²) in [6.07, 6.45) is 7.79. The predicted molar refractivity (Wildman–Crippen MR) is 77.8 cm³/mol. The molecule has 3 heteroatoms. The zero-order valence-corrected chi connectivity index (χ0v) is 12.0. The van der Waals surface area contributed by atoms with Crippen LogP contribution < -0.4 is 0 Å². The van der Waals surface area contributed by atoms with Crippen LogP contribution in [0.15, 0.2) is 24.3 Å². The van der Waals surface area contributed by atoms with E-state index in [0.717, 1.165) is 6.61 Å². The number of benzene rings is 1. The molecule has 0 spiro atoms. The summed E-state index contributed by atoms with van der Waals surface area (Å²) in [4.78, 5) is 11.9. The quantitative estimate of drug-likeness (QED) is 0.586.